The molecule has 1 aliphatic heterocycles. The Labute approximate surface area is 117 Å². The van der Waals surface area contributed by atoms with E-state index >= 15 is 0 Å². The van der Waals surface area contributed by atoms with Gasteiger partial charge in [0.1, 0.15) is 5.56 Å². The maximum atomic E-state index is 12.1. The summed E-state index contributed by atoms with van der Waals surface area (Å²) in [7, 11) is 0. The topological polar surface area (TPSA) is 69.7 Å². The molecule has 0 aliphatic carbocycles. The van der Waals surface area contributed by atoms with Crippen molar-refractivity contribution >= 4 is 17.4 Å². The van der Waals surface area contributed by atoms with Gasteiger partial charge in [-0.25, -0.2) is 4.79 Å². The number of carbonyl (C=O) groups is 1. The number of nitrogens with zero attached hydrogens (tertiary/aromatic N) is 2. The van der Waals surface area contributed by atoms with Crippen molar-refractivity contribution in [2.24, 2.45) is 4.99 Å². The van der Waals surface area contributed by atoms with Crippen LogP contribution in [0.3, 0.4) is 0 Å². The molecular weight excluding hydrogens is 256 g/mol. The Kier molecular flexibility index (Phi) is 3.81. The number of hydrogen-bond donors (Lipinski definition) is 1. The number of carbonyl (C=O) groups excluding carboxylic acids is 1. The van der Waals surface area contributed by atoms with Crippen molar-refractivity contribution in [2.45, 2.75) is 45.6 Å². The number of fused-ring (bicyclic) bond motifs is 1. The highest BCUT2D eigenvalue weighted by atomic mass is 16.3. The second kappa shape index (κ2) is 5.25. The van der Waals surface area contributed by atoms with Gasteiger partial charge in [0.2, 0.25) is 0 Å². The predicted molar refractivity (Wildman–Crippen MR) is 76.3 cm³/mol. The second-order valence-electron chi connectivity index (χ2n) is 5.52. The minimum Gasteiger partial charge on any atom is -0.386 e. The van der Waals surface area contributed by atoms with Crippen LogP contribution >= 0.6 is 0 Å². The molecule has 0 fully saturated rings. The maximum Gasteiger partial charge on any atom is 0.390 e. The first-order chi connectivity index (χ1) is 9.34. The molecule has 0 radical (unpaired) electrons. The van der Waals surface area contributed by atoms with Crippen LogP contribution in [0.15, 0.2) is 23.2 Å². The molecule has 5 nitrogen and oxygen atoms in total. The molecule has 1 heterocycles. The minimum atomic E-state index is -1.06. The monoisotopic (exact) mass is 275 g/mol. The normalized spacial score (nSPS) is 15.1. The molecule has 1 aromatic carbocycles. The first-order valence-electron chi connectivity index (χ1n) is 6.80. The number of benzene rings is 1. The number of unbranched alkanes of at least 4 members (excludes halogenated alkanes) is 1. The molecule has 1 N–H and O–H groups in total. The lowest BCUT2D eigenvalue weighted by atomic mass is 9.95. The van der Waals surface area contributed by atoms with Crippen LogP contribution in [0.5, 0.6) is 0 Å². The number of aliphatic imine (C=N–C) groups is 1. The van der Waals surface area contributed by atoms with E-state index in [0.717, 1.165) is 12.8 Å². The summed E-state index contributed by atoms with van der Waals surface area (Å²) in [4.78, 5) is 28.3. The van der Waals surface area contributed by atoms with Gasteiger partial charge in [0, 0.05) is 0 Å². The van der Waals surface area contributed by atoms with Gasteiger partial charge in [0.25, 0.3) is 0 Å². The number of hydrogen-bond acceptors (Lipinski definition) is 4. The Hall–Kier alpha value is -1.88. The van der Waals surface area contributed by atoms with E-state index in [9.17, 15) is 14.8 Å². The Bertz CT molecular complexity index is 598. The Morgan fingerprint density at radius 2 is 2.05 bits per heavy atom. The van der Waals surface area contributed by atoms with E-state index < -0.39 is 11.5 Å². The van der Waals surface area contributed by atoms with Gasteiger partial charge in [-0.15, -0.1) is 0 Å². The molecule has 20 heavy (non-hydrogen) atoms. The van der Waals surface area contributed by atoms with Crippen LogP contribution in [0.4, 0.5) is 5.69 Å². The zero-order valence-electron chi connectivity index (χ0n) is 12.0. The molecule has 0 aromatic heterocycles. The number of nitroso groups, excluding NO2 is 1. The first kappa shape index (κ1) is 14.5. The fourth-order valence-corrected chi connectivity index (χ4v) is 2.09. The van der Waals surface area contributed by atoms with Gasteiger partial charge in [-0.1, -0.05) is 24.3 Å². The zero-order valence-corrected chi connectivity index (χ0v) is 12.0. The van der Waals surface area contributed by atoms with Crippen molar-refractivity contribution in [3.63, 3.8) is 0 Å². The standard InChI is InChI=1S/C15H19N2O3/c1-4-5-6-13-16-12-8-7-10(15(2,3)19)9-11(12)14(18)17(13)20/h7-9,19H,4-6H2,1-3H3/q+1. The zero-order chi connectivity index (χ0) is 14.9. The predicted octanol–water partition coefficient (Wildman–Crippen LogP) is 3.07. The third kappa shape index (κ3) is 2.67. The van der Waals surface area contributed by atoms with E-state index in [2.05, 4.69) is 4.99 Å². The smallest absolute Gasteiger partial charge is 0.386 e. The molecule has 1 amide bonds. The lowest BCUT2D eigenvalue weighted by Gasteiger charge is -2.18. The van der Waals surface area contributed by atoms with Crippen molar-refractivity contribution in [2.75, 3.05) is 0 Å². The third-order valence-corrected chi connectivity index (χ3v) is 3.36. The quantitative estimate of drug-likeness (QED) is 0.858. The summed E-state index contributed by atoms with van der Waals surface area (Å²) in [5.41, 5.74) is 0.279. The fraction of sp³-hybridized carbons (Fsp3) is 0.467. The second-order valence-corrected chi connectivity index (χ2v) is 5.52. The number of amides is 1. The van der Waals surface area contributed by atoms with Gasteiger partial charge >= 0.3 is 11.7 Å². The summed E-state index contributed by atoms with van der Waals surface area (Å²) in [6, 6.07) is 4.95. The lowest BCUT2D eigenvalue weighted by Crippen LogP contribution is -2.29. The molecular formula is C15H19N2O3+. The highest BCUT2D eigenvalue weighted by Gasteiger charge is 2.36. The summed E-state index contributed by atoms with van der Waals surface area (Å²) in [6.45, 7) is 5.28. The van der Waals surface area contributed by atoms with Crippen LogP contribution in [-0.4, -0.2) is 21.6 Å². The molecule has 0 saturated heterocycles. The van der Waals surface area contributed by atoms with Gasteiger partial charge in [0.15, 0.2) is 5.69 Å². The number of rotatable bonds is 4. The SMILES string of the molecule is CCCCC1=Nc2ccc(C(C)(C)O)cc2C(=O)[N+]1=O. The molecule has 0 saturated carbocycles. The van der Waals surface area contributed by atoms with Gasteiger partial charge in [-0.05, 0) is 43.0 Å². The molecule has 2 rings (SSSR count). The molecule has 0 spiro atoms. The van der Waals surface area contributed by atoms with Crippen LogP contribution < -0.4 is 0 Å². The highest BCUT2D eigenvalue weighted by molar-refractivity contribution is 6.03. The van der Waals surface area contributed by atoms with Crippen molar-refractivity contribution in [1.29, 1.82) is 0 Å². The summed E-state index contributed by atoms with van der Waals surface area (Å²) >= 11 is 0. The first-order valence-corrected chi connectivity index (χ1v) is 6.80. The van der Waals surface area contributed by atoms with E-state index in [1.54, 1.807) is 32.0 Å². The van der Waals surface area contributed by atoms with Crippen molar-refractivity contribution in [1.82, 2.24) is 0 Å². The molecule has 1 aromatic rings. The van der Waals surface area contributed by atoms with Gasteiger partial charge in [-0.2, -0.15) is 0 Å². The largest absolute Gasteiger partial charge is 0.390 e. The number of amidine groups is 1. The van der Waals surface area contributed by atoms with E-state index in [1.165, 1.54) is 0 Å². The summed E-state index contributed by atoms with van der Waals surface area (Å²) in [5, 5.41) is 9.97. The summed E-state index contributed by atoms with van der Waals surface area (Å²) in [5.74, 6) is -0.340. The molecule has 106 valence electrons. The molecule has 5 heteroatoms. The Morgan fingerprint density at radius 1 is 1.35 bits per heavy atom. The maximum absolute atomic E-state index is 12.1. The molecule has 0 bridgehead atoms. The van der Waals surface area contributed by atoms with Crippen LogP contribution in [0.1, 0.15) is 56.0 Å². The van der Waals surface area contributed by atoms with Crippen LogP contribution in [0.2, 0.25) is 0 Å². The minimum absolute atomic E-state index is 0.250. The van der Waals surface area contributed by atoms with Crippen molar-refractivity contribution in [3.8, 4) is 0 Å². The van der Waals surface area contributed by atoms with Crippen LogP contribution in [-0.2, 0) is 5.60 Å². The van der Waals surface area contributed by atoms with E-state index in [4.69, 9.17) is 0 Å². The van der Waals surface area contributed by atoms with Gasteiger partial charge in [0.05, 0.1) is 16.8 Å². The summed E-state index contributed by atoms with van der Waals surface area (Å²) < 4.78 is 0.367. The van der Waals surface area contributed by atoms with Crippen molar-refractivity contribution < 1.29 is 14.7 Å². The Balaban J connectivity index is 2.45. The third-order valence-electron chi connectivity index (χ3n) is 3.36. The lowest BCUT2D eigenvalue weighted by molar-refractivity contribution is -0.329. The fourth-order valence-electron chi connectivity index (χ4n) is 2.09. The van der Waals surface area contributed by atoms with E-state index in [-0.39, 0.29) is 11.4 Å². The molecule has 0 unspecified atom stereocenters. The number of aliphatic hydroxyl groups is 1. The highest BCUT2D eigenvalue weighted by Crippen LogP contribution is 2.30. The van der Waals surface area contributed by atoms with Crippen molar-refractivity contribution in [3.05, 3.63) is 34.2 Å². The molecule has 0 atom stereocenters. The van der Waals surface area contributed by atoms with Crippen LogP contribution in [0.25, 0.3) is 0 Å². The van der Waals surface area contributed by atoms with E-state index in [1.807, 2.05) is 6.92 Å². The van der Waals surface area contributed by atoms with Gasteiger partial charge < -0.3 is 5.11 Å². The summed E-state index contributed by atoms with van der Waals surface area (Å²) in [6.07, 6.45) is 2.26. The van der Waals surface area contributed by atoms with E-state index in [0.29, 0.717) is 22.4 Å². The van der Waals surface area contributed by atoms with Crippen LogP contribution in [0, 0.1) is 4.91 Å². The van der Waals surface area contributed by atoms with Gasteiger partial charge in [-0.3, -0.25) is 0 Å². The average molecular weight is 275 g/mol. The Morgan fingerprint density at radius 3 is 2.65 bits per heavy atom. The average Bonchev–Trinajstić information content (AvgIpc) is 2.39. The molecule has 1 aliphatic rings.